The first-order valence-electron chi connectivity index (χ1n) is 8.77. The first-order chi connectivity index (χ1) is 13.3. The van der Waals surface area contributed by atoms with Crippen LogP contribution in [0.3, 0.4) is 0 Å². The second-order valence-electron chi connectivity index (χ2n) is 6.59. The molecule has 3 aromatic rings. The lowest BCUT2D eigenvalue weighted by Gasteiger charge is -2.10. The number of methoxy groups -OCH3 is 1. The molecule has 0 aliphatic carbocycles. The fourth-order valence-electron chi connectivity index (χ4n) is 3.02. The predicted molar refractivity (Wildman–Crippen MR) is 109 cm³/mol. The Bertz CT molecular complexity index is 1090. The summed E-state index contributed by atoms with van der Waals surface area (Å²) in [7, 11) is 1.58. The van der Waals surface area contributed by atoms with E-state index < -0.39 is 5.91 Å². The number of carbonyl (C=O) groups excluding carboxylic acids is 2. The molecule has 2 amide bonds. The SMILES string of the molecule is COc1cc2oc(C)c(C)c2cc1/C(C)=C/C(=O)Nc1ccc(C(N)=O)cc1. The predicted octanol–water partition coefficient (Wildman–Crippen LogP) is 4.20. The summed E-state index contributed by atoms with van der Waals surface area (Å²) in [5.41, 5.74) is 9.56. The summed E-state index contributed by atoms with van der Waals surface area (Å²) < 4.78 is 11.2. The van der Waals surface area contributed by atoms with E-state index in [1.54, 1.807) is 31.4 Å². The molecule has 2 aromatic carbocycles. The molecule has 0 aliphatic heterocycles. The van der Waals surface area contributed by atoms with Gasteiger partial charge >= 0.3 is 0 Å². The van der Waals surface area contributed by atoms with E-state index in [-0.39, 0.29) is 5.91 Å². The number of allylic oxidation sites excluding steroid dienone is 1. The zero-order chi connectivity index (χ0) is 20.4. The van der Waals surface area contributed by atoms with Gasteiger partial charge in [0.25, 0.3) is 0 Å². The summed E-state index contributed by atoms with van der Waals surface area (Å²) in [4.78, 5) is 23.5. The third-order valence-corrected chi connectivity index (χ3v) is 4.71. The number of aryl methyl sites for hydroxylation is 2. The molecule has 0 unspecified atom stereocenters. The lowest BCUT2D eigenvalue weighted by molar-refractivity contribution is -0.111. The minimum Gasteiger partial charge on any atom is -0.496 e. The minimum absolute atomic E-state index is 0.286. The van der Waals surface area contributed by atoms with Crippen molar-refractivity contribution < 1.29 is 18.7 Å². The molecule has 144 valence electrons. The molecule has 0 atom stereocenters. The first kappa shape index (κ1) is 19.2. The molecule has 1 aromatic heterocycles. The van der Waals surface area contributed by atoms with Gasteiger partial charge in [-0.05, 0) is 62.2 Å². The Kier molecular flexibility index (Phi) is 5.22. The number of hydrogen-bond donors (Lipinski definition) is 2. The average molecular weight is 378 g/mol. The minimum atomic E-state index is -0.513. The molecule has 0 bridgehead atoms. The van der Waals surface area contributed by atoms with Gasteiger partial charge in [-0.1, -0.05) is 0 Å². The van der Waals surface area contributed by atoms with Crippen LogP contribution in [0.15, 0.2) is 46.9 Å². The van der Waals surface area contributed by atoms with Crippen molar-refractivity contribution in [1.29, 1.82) is 0 Å². The van der Waals surface area contributed by atoms with Crippen LogP contribution in [-0.4, -0.2) is 18.9 Å². The molecule has 6 nitrogen and oxygen atoms in total. The maximum absolute atomic E-state index is 12.4. The monoisotopic (exact) mass is 378 g/mol. The lowest BCUT2D eigenvalue weighted by atomic mass is 10.0. The van der Waals surface area contributed by atoms with Gasteiger partial charge in [0.05, 0.1) is 7.11 Å². The van der Waals surface area contributed by atoms with E-state index >= 15 is 0 Å². The number of hydrogen-bond acceptors (Lipinski definition) is 4. The van der Waals surface area contributed by atoms with Crippen LogP contribution in [0, 0.1) is 13.8 Å². The molecule has 0 radical (unpaired) electrons. The van der Waals surface area contributed by atoms with Crippen LogP contribution >= 0.6 is 0 Å². The van der Waals surface area contributed by atoms with E-state index in [2.05, 4.69) is 5.32 Å². The summed E-state index contributed by atoms with van der Waals surface area (Å²) in [6.07, 6.45) is 1.51. The third-order valence-electron chi connectivity index (χ3n) is 4.71. The van der Waals surface area contributed by atoms with Crippen molar-refractivity contribution in [2.75, 3.05) is 12.4 Å². The highest BCUT2D eigenvalue weighted by Gasteiger charge is 2.14. The number of nitrogens with two attached hydrogens (primary N) is 1. The highest BCUT2D eigenvalue weighted by Crippen LogP contribution is 2.34. The van der Waals surface area contributed by atoms with Gasteiger partial charge in [0.2, 0.25) is 11.8 Å². The number of primary amides is 1. The number of furan rings is 1. The Morgan fingerprint density at radius 1 is 1.14 bits per heavy atom. The molecule has 3 N–H and O–H groups in total. The van der Waals surface area contributed by atoms with E-state index in [0.717, 1.165) is 33.4 Å². The molecule has 6 heteroatoms. The standard InChI is InChI=1S/C22H22N2O4/c1-12(9-21(25)24-16-7-5-15(6-8-16)22(23)26)17-10-18-13(2)14(3)28-20(18)11-19(17)27-4/h5-11H,1-4H3,(H2,23,26)(H,24,25)/b12-9+. The van der Waals surface area contributed by atoms with Gasteiger partial charge in [-0.25, -0.2) is 0 Å². The second-order valence-corrected chi connectivity index (χ2v) is 6.59. The Morgan fingerprint density at radius 3 is 2.43 bits per heavy atom. The molecular formula is C22H22N2O4. The summed E-state index contributed by atoms with van der Waals surface area (Å²) in [6, 6.07) is 10.2. The van der Waals surface area contributed by atoms with Crippen molar-refractivity contribution >= 4 is 34.0 Å². The van der Waals surface area contributed by atoms with Gasteiger partial charge in [0.15, 0.2) is 0 Å². The smallest absolute Gasteiger partial charge is 0.248 e. The van der Waals surface area contributed by atoms with Crippen molar-refractivity contribution in [2.24, 2.45) is 5.73 Å². The number of benzene rings is 2. The Hall–Kier alpha value is -3.54. The first-order valence-corrected chi connectivity index (χ1v) is 8.77. The normalized spacial score (nSPS) is 11.5. The molecule has 28 heavy (non-hydrogen) atoms. The van der Waals surface area contributed by atoms with E-state index in [0.29, 0.717) is 17.0 Å². The quantitative estimate of drug-likeness (QED) is 0.651. The molecule has 0 aliphatic rings. The Labute approximate surface area is 163 Å². The van der Waals surface area contributed by atoms with Crippen molar-refractivity contribution in [1.82, 2.24) is 0 Å². The average Bonchev–Trinajstić information content (AvgIpc) is 2.94. The van der Waals surface area contributed by atoms with E-state index in [4.69, 9.17) is 14.9 Å². The molecule has 1 heterocycles. The van der Waals surface area contributed by atoms with E-state index in [1.165, 1.54) is 6.08 Å². The van der Waals surface area contributed by atoms with Crippen LogP contribution in [0.2, 0.25) is 0 Å². The Morgan fingerprint density at radius 2 is 1.82 bits per heavy atom. The van der Waals surface area contributed by atoms with Crippen molar-refractivity contribution in [3.8, 4) is 5.75 Å². The van der Waals surface area contributed by atoms with Gasteiger partial charge in [0.1, 0.15) is 17.1 Å². The molecule has 0 saturated heterocycles. The van der Waals surface area contributed by atoms with Gasteiger partial charge < -0.3 is 20.2 Å². The van der Waals surface area contributed by atoms with Gasteiger partial charge in [0, 0.05) is 34.3 Å². The van der Waals surface area contributed by atoms with E-state index in [9.17, 15) is 9.59 Å². The molecule has 3 rings (SSSR count). The summed E-state index contributed by atoms with van der Waals surface area (Å²) >= 11 is 0. The number of ether oxygens (including phenoxy) is 1. The van der Waals surface area contributed by atoms with Crippen LogP contribution in [-0.2, 0) is 4.79 Å². The van der Waals surface area contributed by atoms with Gasteiger partial charge in [-0.2, -0.15) is 0 Å². The highest BCUT2D eigenvalue weighted by molar-refractivity contribution is 6.05. The van der Waals surface area contributed by atoms with Gasteiger partial charge in [-0.3, -0.25) is 9.59 Å². The molecule has 0 saturated carbocycles. The van der Waals surface area contributed by atoms with Crippen LogP contribution in [0.1, 0.15) is 34.2 Å². The zero-order valence-corrected chi connectivity index (χ0v) is 16.3. The molecular weight excluding hydrogens is 356 g/mol. The zero-order valence-electron chi connectivity index (χ0n) is 16.3. The third kappa shape index (κ3) is 3.76. The maximum Gasteiger partial charge on any atom is 0.248 e. The Balaban J connectivity index is 1.88. The van der Waals surface area contributed by atoms with Gasteiger partial charge in [-0.15, -0.1) is 0 Å². The summed E-state index contributed by atoms with van der Waals surface area (Å²) in [6.45, 7) is 5.77. The van der Waals surface area contributed by atoms with Crippen molar-refractivity contribution in [3.05, 3.63) is 64.9 Å². The number of carbonyl (C=O) groups is 2. The largest absolute Gasteiger partial charge is 0.496 e. The molecule has 0 fully saturated rings. The number of fused-ring (bicyclic) bond motifs is 1. The fraction of sp³-hybridized carbons (Fsp3) is 0.182. The van der Waals surface area contributed by atoms with E-state index in [1.807, 2.05) is 32.9 Å². The number of nitrogens with one attached hydrogen (secondary N) is 1. The summed E-state index contributed by atoms with van der Waals surface area (Å²) in [5, 5.41) is 3.76. The maximum atomic E-state index is 12.4. The second kappa shape index (κ2) is 7.60. The van der Waals surface area contributed by atoms with Crippen LogP contribution in [0.25, 0.3) is 16.5 Å². The van der Waals surface area contributed by atoms with Crippen molar-refractivity contribution in [3.63, 3.8) is 0 Å². The summed E-state index contributed by atoms with van der Waals surface area (Å²) in [5.74, 6) is 0.689. The van der Waals surface area contributed by atoms with Crippen LogP contribution in [0.5, 0.6) is 5.75 Å². The van der Waals surface area contributed by atoms with Crippen molar-refractivity contribution in [2.45, 2.75) is 20.8 Å². The lowest BCUT2D eigenvalue weighted by Crippen LogP contribution is -2.12. The number of anilines is 1. The molecule has 0 spiro atoms. The number of rotatable bonds is 5. The topological polar surface area (TPSA) is 94.6 Å². The fourth-order valence-corrected chi connectivity index (χ4v) is 3.02. The highest BCUT2D eigenvalue weighted by atomic mass is 16.5. The van der Waals surface area contributed by atoms with Crippen LogP contribution < -0.4 is 15.8 Å². The number of amides is 2. The van der Waals surface area contributed by atoms with Crippen LogP contribution in [0.4, 0.5) is 5.69 Å².